The number of anilines is 2. The highest BCUT2D eigenvalue weighted by molar-refractivity contribution is 7.99. The fraction of sp³-hybridized carbons (Fsp3) is 0.333. The number of nitrogen functional groups attached to an aromatic ring is 1. The summed E-state index contributed by atoms with van der Waals surface area (Å²) in [5.41, 5.74) is 7.44. The first-order chi connectivity index (χ1) is 10.6. The van der Waals surface area contributed by atoms with Crippen LogP contribution < -0.4 is 10.6 Å². The smallest absolute Gasteiger partial charge is 0.156 e. The summed E-state index contributed by atoms with van der Waals surface area (Å²) in [5, 5.41) is 0.346. The summed E-state index contributed by atoms with van der Waals surface area (Å²) in [4.78, 5) is 10.9. The number of benzene rings is 1. The quantitative estimate of drug-likeness (QED) is 0.909. The average Bonchev–Trinajstić information content (AvgIpc) is 2.50. The molecule has 3 rings (SSSR count). The highest BCUT2D eigenvalue weighted by atomic mass is 35.5. The standard InChI is InChI=1S/C15H16ClFN4S/c1-9-19-14(11-3-2-10(16)8-12(11)17)13(18)15(20-9)21-4-6-22-7-5-21/h2-3,8H,4-7,18H2,1H3. The number of nitrogens with zero attached hydrogens (tertiary/aromatic N) is 3. The van der Waals surface area contributed by atoms with E-state index < -0.39 is 5.82 Å². The van der Waals surface area contributed by atoms with Gasteiger partial charge in [0.25, 0.3) is 0 Å². The van der Waals surface area contributed by atoms with Crippen LogP contribution in [0.2, 0.25) is 5.02 Å². The molecule has 1 saturated heterocycles. The third-order valence-corrected chi connectivity index (χ3v) is 4.71. The zero-order valence-corrected chi connectivity index (χ0v) is 13.7. The van der Waals surface area contributed by atoms with E-state index in [9.17, 15) is 4.39 Å². The molecule has 1 aliphatic heterocycles. The summed E-state index contributed by atoms with van der Waals surface area (Å²) in [6.45, 7) is 3.56. The van der Waals surface area contributed by atoms with Gasteiger partial charge < -0.3 is 10.6 Å². The first kappa shape index (κ1) is 15.4. The Kier molecular flexibility index (Phi) is 4.40. The average molecular weight is 339 g/mol. The molecule has 2 N–H and O–H groups in total. The van der Waals surface area contributed by atoms with Gasteiger partial charge in [-0.25, -0.2) is 14.4 Å². The van der Waals surface area contributed by atoms with Gasteiger partial charge in [-0.1, -0.05) is 11.6 Å². The summed E-state index contributed by atoms with van der Waals surface area (Å²) in [7, 11) is 0. The van der Waals surface area contributed by atoms with Gasteiger partial charge in [-0.2, -0.15) is 11.8 Å². The predicted octanol–water partition coefficient (Wildman–Crippen LogP) is 3.38. The second kappa shape index (κ2) is 6.30. The number of halogens is 2. The molecule has 0 atom stereocenters. The third-order valence-electron chi connectivity index (χ3n) is 3.53. The van der Waals surface area contributed by atoms with E-state index in [0.29, 0.717) is 33.6 Å². The Hall–Kier alpha value is -1.53. The van der Waals surface area contributed by atoms with Crippen LogP contribution >= 0.6 is 23.4 Å². The van der Waals surface area contributed by atoms with Crippen LogP contribution in [0, 0.1) is 12.7 Å². The van der Waals surface area contributed by atoms with E-state index >= 15 is 0 Å². The molecule has 1 fully saturated rings. The molecular weight excluding hydrogens is 323 g/mol. The van der Waals surface area contributed by atoms with E-state index in [1.165, 1.54) is 6.07 Å². The molecule has 0 amide bonds. The minimum Gasteiger partial charge on any atom is -0.394 e. The summed E-state index contributed by atoms with van der Waals surface area (Å²) in [5.74, 6) is 2.90. The van der Waals surface area contributed by atoms with Gasteiger partial charge in [0, 0.05) is 35.2 Å². The lowest BCUT2D eigenvalue weighted by molar-refractivity contribution is 0.630. The molecule has 2 aromatic rings. The van der Waals surface area contributed by atoms with Crippen LogP contribution in [-0.4, -0.2) is 34.6 Å². The maximum Gasteiger partial charge on any atom is 0.156 e. The maximum absolute atomic E-state index is 14.2. The van der Waals surface area contributed by atoms with Crippen molar-refractivity contribution in [1.82, 2.24) is 9.97 Å². The van der Waals surface area contributed by atoms with Crippen molar-refractivity contribution in [3.8, 4) is 11.3 Å². The first-order valence-electron chi connectivity index (χ1n) is 6.98. The molecule has 22 heavy (non-hydrogen) atoms. The van der Waals surface area contributed by atoms with Gasteiger partial charge in [-0.15, -0.1) is 0 Å². The number of aromatic nitrogens is 2. The SMILES string of the molecule is Cc1nc(-c2ccc(Cl)cc2F)c(N)c(N2CCSCC2)n1. The zero-order chi connectivity index (χ0) is 15.7. The third kappa shape index (κ3) is 2.98. The molecule has 2 heterocycles. The van der Waals surface area contributed by atoms with Gasteiger partial charge in [0.2, 0.25) is 0 Å². The Balaban J connectivity index is 2.10. The van der Waals surface area contributed by atoms with Crippen LogP contribution in [0.25, 0.3) is 11.3 Å². The van der Waals surface area contributed by atoms with E-state index in [0.717, 1.165) is 24.6 Å². The van der Waals surface area contributed by atoms with Crippen LogP contribution in [0.5, 0.6) is 0 Å². The minimum absolute atomic E-state index is 0.346. The van der Waals surface area contributed by atoms with Gasteiger partial charge in [-0.3, -0.25) is 0 Å². The van der Waals surface area contributed by atoms with Gasteiger partial charge in [0.1, 0.15) is 23.0 Å². The summed E-state index contributed by atoms with van der Waals surface area (Å²) in [6.07, 6.45) is 0. The molecule has 0 radical (unpaired) electrons. The first-order valence-corrected chi connectivity index (χ1v) is 8.52. The molecule has 116 valence electrons. The Morgan fingerprint density at radius 2 is 2.00 bits per heavy atom. The van der Waals surface area contributed by atoms with E-state index in [4.69, 9.17) is 17.3 Å². The Bertz CT molecular complexity index is 704. The van der Waals surface area contributed by atoms with E-state index in [2.05, 4.69) is 14.9 Å². The highest BCUT2D eigenvalue weighted by Gasteiger charge is 2.21. The normalized spacial score (nSPS) is 15.1. The van der Waals surface area contributed by atoms with Crippen LogP contribution in [0.15, 0.2) is 18.2 Å². The summed E-state index contributed by atoms with van der Waals surface area (Å²) >= 11 is 7.72. The van der Waals surface area contributed by atoms with Gasteiger partial charge in [0.15, 0.2) is 5.82 Å². The fourth-order valence-electron chi connectivity index (χ4n) is 2.47. The summed E-state index contributed by atoms with van der Waals surface area (Å²) < 4.78 is 14.2. The van der Waals surface area contributed by atoms with E-state index in [1.807, 2.05) is 11.8 Å². The lowest BCUT2D eigenvalue weighted by Crippen LogP contribution is -2.34. The van der Waals surface area contributed by atoms with Crippen molar-refractivity contribution in [1.29, 1.82) is 0 Å². The number of rotatable bonds is 2. The van der Waals surface area contributed by atoms with Crippen LogP contribution in [-0.2, 0) is 0 Å². The van der Waals surface area contributed by atoms with Gasteiger partial charge in [-0.05, 0) is 25.1 Å². The molecule has 0 unspecified atom stereocenters. The number of aryl methyl sites for hydroxylation is 1. The topological polar surface area (TPSA) is 55.0 Å². The molecule has 7 heteroatoms. The Morgan fingerprint density at radius 3 is 2.68 bits per heavy atom. The predicted molar refractivity (Wildman–Crippen MR) is 91.1 cm³/mol. The molecule has 0 saturated carbocycles. The van der Waals surface area contributed by atoms with Crippen molar-refractivity contribution < 1.29 is 4.39 Å². The van der Waals surface area contributed by atoms with Crippen molar-refractivity contribution in [2.24, 2.45) is 0 Å². The monoisotopic (exact) mass is 338 g/mol. The zero-order valence-electron chi connectivity index (χ0n) is 12.1. The van der Waals surface area contributed by atoms with Crippen molar-refractivity contribution in [3.05, 3.63) is 34.9 Å². The number of nitrogens with two attached hydrogens (primary N) is 1. The van der Waals surface area contributed by atoms with Crippen molar-refractivity contribution >= 4 is 34.9 Å². The Labute approximate surface area is 137 Å². The van der Waals surface area contributed by atoms with E-state index in [-0.39, 0.29) is 0 Å². The molecule has 1 aliphatic rings. The number of thioether (sulfide) groups is 1. The maximum atomic E-state index is 14.2. The molecular formula is C15H16ClFN4S. The molecule has 0 spiro atoms. The second-order valence-corrected chi connectivity index (χ2v) is 6.74. The molecule has 1 aromatic carbocycles. The van der Waals surface area contributed by atoms with Crippen molar-refractivity contribution in [3.63, 3.8) is 0 Å². The highest BCUT2D eigenvalue weighted by Crippen LogP contribution is 2.34. The van der Waals surface area contributed by atoms with E-state index in [1.54, 1.807) is 19.1 Å². The van der Waals surface area contributed by atoms with Crippen LogP contribution in [0.1, 0.15) is 5.82 Å². The number of hydrogen-bond donors (Lipinski definition) is 1. The lowest BCUT2D eigenvalue weighted by Gasteiger charge is -2.29. The largest absolute Gasteiger partial charge is 0.394 e. The molecule has 0 bridgehead atoms. The molecule has 4 nitrogen and oxygen atoms in total. The fourth-order valence-corrected chi connectivity index (χ4v) is 3.53. The van der Waals surface area contributed by atoms with Gasteiger partial charge in [0.05, 0.1) is 0 Å². The second-order valence-electron chi connectivity index (χ2n) is 5.08. The van der Waals surface area contributed by atoms with Crippen molar-refractivity contribution in [2.45, 2.75) is 6.92 Å². The lowest BCUT2D eigenvalue weighted by atomic mass is 10.1. The Morgan fingerprint density at radius 1 is 1.27 bits per heavy atom. The summed E-state index contributed by atoms with van der Waals surface area (Å²) in [6, 6.07) is 4.50. The van der Waals surface area contributed by atoms with Crippen LogP contribution in [0.3, 0.4) is 0 Å². The number of hydrogen-bond acceptors (Lipinski definition) is 5. The molecule has 1 aromatic heterocycles. The molecule has 0 aliphatic carbocycles. The minimum atomic E-state index is -0.433. The van der Waals surface area contributed by atoms with Crippen LogP contribution in [0.4, 0.5) is 15.9 Å². The van der Waals surface area contributed by atoms with Gasteiger partial charge >= 0.3 is 0 Å². The van der Waals surface area contributed by atoms with Crippen molar-refractivity contribution in [2.75, 3.05) is 35.2 Å².